The third-order valence-corrected chi connectivity index (χ3v) is 3.45. The number of carbonyl (C=O) groups excluding carboxylic acids is 1. The Morgan fingerprint density at radius 3 is 2.78 bits per heavy atom. The topological polar surface area (TPSA) is 64.3 Å². The minimum Gasteiger partial charge on any atom is -0.397 e. The van der Waals surface area contributed by atoms with E-state index in [-0.39, 0.29) is 11.8 Å². The third kappa shape index (κ3) is 2.82. The Kier molecular flexibility index (Phi) is 3.87. The van der Waals surface area contributed by atoms with Crippen LogP contribution in [0.15, 0.2) is 12.1 Å². The van der Waals surface area contributed by atoms with E-state index in [4.69, 9.17) is 10.5 Å². The van der Waals surface area contributed by atoms with Gasteiger partial charge in [0.2, 0.25) is 5.91 Å². The van der Waals surface area contributed by atoms with Crippen LogP contribution in [0.25, 0.3) is 0 Å². The Labute approximate surface area is 108 Å². The van der Waals surface area contributed by atoms with E-state index in [0.717, 1.165) is 30.6 Å². The van der Waals surface area contributed by atoms with Crippen LogP contribution in [0, 0.1) is 19.8 Å². The van der Waals surface area contributed by atoms with Crippen LogP contribution in [0.4, 0.5) is 11.4 Å². The van der Waals surface area contributed by atoms with Gasteiger partial charge in [-0.05, 0) is 49.9 Å². The van der Waals surface area contributed by atoms with Crippen LogP contribution in [0.5, 0.6) is 0 Å². The molecule has 1 aromatic carbocycles. The third-order valence-electron chi connectivity index (χ3n) is 3.45. The van der Waals surface area contributed by atoms with Crippen LogP contribution in [0.1, 0.15) is 24.0 Å². The molecule has 0 spiro atoms. The molecule has 18 heavy (non-hydrogen) atoms. The number of hydrogen-bond donors (Lipinski definition) is 2. The zero-order chi connectivity index (χ0) is 13.1. The van der Waals surface area contributed by atoms with Gasteiger partial charge in [0.1, 0.15) is 0 Å². The van der Waals surface area contributed by atoms with Crippen LogP contribution in [-0.4, -0.2) is 19.1 Å². The first kappa shape index (κ1) is 12.9. The minimum absolute atomic E-state index is 0.00431. The van der Waals surface area contributed by atoms with Gasteiger partial charge in [0.05, 0.1) is 23.9 Å². The molecule has 1 fully saturated rings. The molecule has 1 aliphatic rings. The van der Waals surface area contributed by atoms with E-state index in [1.54, 1.807) is 0 Å². The molecule has 0 aliphatic carbocycles. The van der Waals surface area contributed by atoms with Gasteiger partial charge in [0, 0.05) is 6.61 Å². The smallest absolute Gasteiger partial charge is 0.229 e. The summed E-state index contributed by atoms with van der Waals surface area (Å²) in [6.45, 7) is 5.28. The highest BCUT2D eigenvalue weighted by molar-refractivity contribution is 5.95. The number of ether oxygens (including phenoxy) is 1. The maximum Gasteiger partial charge on any atom is 0.229 e. The number of rotatable bonds is 2. The summed E-state index contributed by atoms with van der Waals surface area (Å²) in [6.07, 6.45) is 1.83. The van der Waals surface area contributed by atoms with E-state index in [0.29, 0.717) is 18.0 Å². The second-order valence-corrected chi connectivity index (χ2v) is 4.93. The molecule has 0 saturated carbocycles. The first-order chi connectivity index (χ1) is 8.58. The van der Waals surface area contributed by atoms with Crippen molar-refractivity contribution in [2.75, 3.05) is 24.3 Å². The van der Waals surface area contributed by atoms with Gasteiger partial charge in [-0.25, -0.2) is 0 Å². The van der Waals surface area contributed by atoms with Crippen LogP contribution in [0.2, 0.25) is 0 Å². The molecule has 3 N–H and O–H groups in total. The molecule has 4 heteroatoms. The standard InChI is InChI=1S/C14H20N2O2/c1-9-6-12(15)13(7-10(9)2)16-14(17)11-4-3-5-18-8-11/h6-7,11H,3-5,8,15H2,1-2H3,(H,16,17). The summed E-state index contributed by atoms with van der Waals surface area (Å²) in [5, 5.41) is 2.90. The Bertz CT molecular complexity index is 451. The van der Waals surface area contributed by atoms with E-state index in [1.807, 2.05) is 26.0 Å². The van der Waals surface area contributed by atoms with Gasteiger partial charge < -0.3 is 15.8 Å². The fourth-order valence-corrected chi connectivity index (χ4v) is 2.13. The van der Waals surface area contributed by atoms with Crippen molar-refractivity contribution in [3.05, 3.63) is 23.3 Å². The van der Waals surface area contributed by atoms with Gasteiger partial charge in [0.25, 0.3) is 0 Å². The summed E-state index contributed by atoms with van der Waals surface area (Å²) in [5.41, 5.74) is 9.49. The average molecular weight is 248 g/mol. The van der Waals surface area contributed by atoms with Crippen LogP contribution < -0.4 is 11.1 Å². The van der Waals surface area contributed by atoms with Crippen molar-refractivity contribution in [3.63, 3.8) is 0 Å². The number of nitrogens with one attached hydrogen (secondary N) is 1. The SMILES string of the molecule is Cc1cc(N)c(NC(=O)C2CCCOC2)cc1C. The average Bonchev–Trinajstić information content (AvgIpc) is 2.37. The molecule has 0 radical (unpaired) electrons. The number of benzene rings is 1. The molecule has 4 nitrogen and oxygen atoms in total. The molecular weight excluding hydrogens is 228 g/mol. The minimum atomic E-state index is -0.0558. The van der Waals surface area contributed by atoms with Crippen molar-refractivity contribution < 1.29 is 9.53 Å². The number of nitrogen functional groups attached to an aromatic ring is 1. The zero-order valence-electron chi connectivity index (χ0n) is 11.0. The van der Waals surface area contributed by atoms with E-state index in [1.165, 1.54) is 0 Å². The molecule has 2 rings (SSSR count). The predicted molar refractivity (Wildman–Crippen MR) is 72.5 cm³/mol. The van der Waals surface area contributed by atoms with Gasteiger partial charge in [-0.3, -0.25) is 4.79 Å². The summed E-state index contributed by atoms with van der Waals surface area (Å²) in [5.74, 6) is -0.0515. The lowest BCUT2D eigenvalue weighted by molar-refractivity contribution is -0.123. The molecule has 1 saturated heterocycles. The molecule has 1 unspecified atom stereocenters. The highest BCUT2D eigenvalue weighted by atomic mass is 16.5. The van der Waals surface area contributed by atoms with Gasteiger partial charge in [-0.15, -0.1) is 0 Å². The van der Waals surface area contributed by atoms with E-state index in [2.05, 4.69) is 5.32 Å². The second-order valence-electron chi connectivity index (χ2n) is 4.93. The Hall–Kier alpha value is -1.55. The first-order valence-electron chi connectivity index (χ1n) is 6.33. The van der Waals surface area contributed by atoms with Gasteiger partial charge in [0.15, 0.2) is 0 Å². The summed E-state index contributed by atoms with van der Waals surface area (Å²) in [7, 11) is 0. The molecule has 1 heterocycles. The number of hydrogen-bond acceptors (Lipinski definition) is 3. The normalized spacial score (nSPS) is 19.6. The predicted octanol–water partition coefficient (Wildman–Crippen LogP) is 2.25. The van der Waals surface area contributed by atoms with E-state index >= 15 is 0 Å². The fourth-order valence-electron chi connectivity index (χ4n) is 2.13. The maximum absolute atomic E-state index is 12.1. The number of amides is 1. The quantitative estimate of drug-likeness (QED) is 0.789. The number of carbonyl (C=O) groups is 1. The maximum atomic E-state index is 12.1. The van der Waals surface area contributed by atoms with Crippen molar-refractivity contribution in [3.8, 4) is 0 Å². The largest absolute Gasteiger partial charge is 0.397 e. The molecule has 0 aromatic heterocycles. The summed E-state index contributed by atoms with van der Waals surface area (Å²) in [6, 6.07) is 3.81. The van der Waals surface area contributed by atoms with Crippen molar-refractivity contribution in [1.29, 1.82) is 0 Å². The Morgan fingerprint density at radius 2 is 2.11 bits per heavy atom. The molecule has 0 bridgehead atoms. The van der Waals surface area contributed by atoms with E-state index in [9.17, 15) is 4.79 Å². The van der Waals surface area contributed by atoms with Gasteiger partial charge in [-0.1, -0.05) is 0 Å². The van der Waals surface area contributed by atoms with Crippen LogP contribution in [0.3, 0.4) is 0 Å². The lowest BCUT2D eigenvalue weighted by Crippen LogP contribution is -2.30. The Morgan fingerprint density at radius 1 is 1.39 bits per heavy atom. The number of anilines is 2. The molecule has 1 atom stereocenters. The van der Waals surface area contributed by atoms with Crippen molar-refractivity contribution in [1.82, 2.24) is 0 Å². The summed E-state index contributed by atoms with van der Waals surface area (Å²) >= 11 is 0. The molecule has 1 amide bonds. The summed E-state index contributed by atoms with van der Waals surface area (Å²) < 4.78 is 5.32. The first-order valence-corrected chi connectivity index (χ1v) is 6.33. The lowest BCUT2D eigenvalue weighted by Gasteiger charge is -2.22. The van der Waals surface area contributed by atoms with Crippen molar-refractivity contribution in [2.45, 2.75) is 26.7 Å². The van der Waals surface area contributed by atoms with Gasteiger partial charge in [-0.2, -0.15) is 0 Å². The highest BCUT2D eigenvalue weighted by Gasteiger charge is 2.22. The number of aryl methyl sites for hydroxylation is 2. The number of nitrogens with two attached hydrogens (primary N) is 1. The van der Waals surface area contributed by atoms with E-state index < -0.39 is 0 Å². The van der Waals surface area contributed by atoms with Crippen molar-refractivity contribution >= 4 is 17.3 Å². The molecule has 98 valence electrons. The molecular formula is C14H20N2O2. The molecule has 1 aromatic rings. The highest BCUT2D eigenvalue weighted by Crippen LogP contribution is 2.24. The van der Waals surface area contributed by atoms with Gasteiger partial charge >= 0.3 is 0 Å². The molecule has 1 aliphatic heterocycles. The fraction of sp³-hybridized carbons (Fsp3) is 0.500. The van der Waals surface area contributed by atoms with Crippen LogP contribution >= 0.6 is 0 Å². The Balaban J connectivity index is 2.08. The summed E-state index contributed by atoms with van der Waals surface area (Å²) in [4.78, 5) is 12.1. The second kappa shape index (κ2) is 5.40. The lowest BCUT2D eigenvalue weighted by atomic mass is 10.0. The van der Waals surface area contributed by atoms with Crippen LogP contribution in [-0.2, 0) is 9.53 Å². The van der Waals surface area contributed by atoms with Crippen molar-refractivity contribution in [2.24, 2.45) is 5.92 Å². The monoisotopic (exact) mass is 248 g/mol. The zero-order valence-corrected chi connectivity index (χ0v) is 11.0.